The molecule has 0 fully saturated rings. The maximum absolute atomic E-state index is 13.6. The molecular formula is C25H23N3O5S. The van der Waals surface area contributed by atoms with Gasteiger partial charge >= 0.3 is 5.97 Å². The molecule has 174 valence electrons. The molecule has 0 spiro atoms. The molecule has 1 atom stereocenters. The molecule has 0 saturated heterocycles. The standard InChI is InChI=1S/C25H23N3O5S/c1-5-11-33-24(30)21-15(2)27-25-28(22(21)17-8-9-18(31-3)19(13-17)32-4)23(29)20(34-25)12-16-7-6-10-26-14-16/h5-10,12-14,22H,1,11H2,2-4H3/t22-/m0/s1. The number of thiazole rings is 1. The Balaban J connectivity index is 1.96. The fraction of sp³-hybridized carbons (Fsp3) is 0.200. The first-order chi connectivity index (χ1) is 16.5. The average molecular weight is 478 g/mol. The van der Waals surface area contributed by atoms with Crippen molar-refractivity contribution < 1.29 is 19.0 Å². The Hall–Kier alpha value is -3.98. The van der Waals surface area contributed by atoms with Crippen molar-refractivity contribution in [1.29, 1.82) is 0 Å². The molecule has 9 heteroatoms. The van der Waals surface area contributed by atoms with Gasteiger partial charge in [0, 0.05) is 12.4 Å². The second kappa shape index (κ2) is 9.88. The van der Waals surface area contributed by atoms with Gasteiger partial charge < -0.3 is 14.2 Å². The van der Waals surface area contributed by atoms with E-state index in [4.69, 9.17) is 14.2 Å². The van der Waals surface area contributed by atoms with E-state index in [9.17, 15) is 9.59 Å². The maximum atomic E-state index is 13.6. The summed E-state index contributed by atoms with van der Waals surface area (Å²) in [7, 11) is 3.07. The summed E-state index contributed by atoms with van der Waals surface area (Å²) in [6.07, 6.45) is 6.59. The summed E-state index contributed by atoms with van der Waals surface area (Å²) in [6.45, 7) is 5.37. The number of methoxy groups -OCH3 is 2. The highest BCUT2D eigenvalue weighted by molar-refractivity contribution is 7.07. The first kappa shape index (κ1) is 23.2. The van der Waals surface area contributed by atoms with Crippen LogP contribution in [0.4, 0.5) is 0 Å². The molecule has 0 saturated carbocycles. The van der Waals surface area contributed by atoms with Crippen LogP contribution in [0.25, 0.3) is 6.08 Å². The zero-order valence-electron chi connectivity index (χ0n) is 19.0. The van der Waals surface area contributed by atoms with E-state index >= 15 is 0 Å². The minimum absolute atomic E-state index is 0.0414. The minimum Gasteiger partial charge on any atom is -0.493 e. The van der Waals surface area contributed by atoms with Crippen molar-refractivity contribution in [3.63, 3.8) is 0 Å². The molecule has 4 rings (SSSR count). The molecular weight excluding hydrogens is 454 g/mol. The van der Waals surface area contributed by atoms with Crippen molar-refractivity contribution in [1.82, 2.24) is 9.55 Å². The number of fused-ring (bicyclic) bond motifs is 1. The second-order valence-electron chi connectivity index (χ2n) is 7.37. The number of pyridine rings is 1. The molecule has 2 aromatic heterocycles. The van der Waals surface area contributed by atoms with Crippen LogP contribution in [0.1, 0.15) is 24.1 Å². The SMILES string of the molecule is C=CCOC(=O)C1=C(C)N=c2sc(=Cc3cccnc3)c(=O)n2[C@H]1c1ccc(OC)c(OC)c1. The minimum atomic E-state index is -0.760. The highest BCUT2D eigenvalue weighted by Gasteiger charge is 2.34. The lowest BCUT2D eigenvalue weighted by Crippen LogP contribution is -2.40. The van der Waals surface area contributed by atoms with E-state index in [1.165, 1.54) is 29.1 Å². The van der Waals surface area contributed by atoms with Crippen LogP contribution in [0.5, 0.6) is 11.5 Å². The first-order valence-corrected chi connectivity index (χ1v) is 11.2. The van der Waals surface area contributed by atoms with Gasteiger partial charge in [0.2, 0.25) is 0 Å². The fourth-order valence-corrected chi connectivity index (χ4v) is 4.79. The number of benzene rings is 1. The van der Waals surface area contributed by atoms with Gasteiger partial charge in [0.25, 0.3) is 5.56 Å². The molecule has 0 N–H and O–H groups in total. The van der Waals surface area contributed by atoms with Crippen LogP contribution < -0.4 is 24.4 Å². The van der Waals surface area contributed by atoms with Gasteiger partial charge in [0.1, 0.15) is 6.61 Å². The largest absolute Gasteiger partial charge is 0.493 e. The molecule has 0 unspecified atom stereocenters. The lowest BCUT2D eigenvalue weighted by Gasteiger charge is -2.25. The van der Waals surface area contributed by atoms with Crippen LogP contribution in [0, 0.1) is 0 Å². The quantitative estimate of drug-likeness (QED) is 0.383. The molecule has 0 bridgehead atoms. The summed E-state index contributed by atoms with van der Waals surface area (Å²) in [5, 5.41) is 0. The van der Waals surface area contributed by atoms with Gasteiger partial charge in [-0.3, -0.25) is 14.3 Å². The van der Waals surface area contributed by atoms with Crippen molar-refractivity contribution in [2.45, 2.75) is 13.0 Å². The Morgan fingerprint density at radius 1 is 1.24 bits per heavy atom. The summed E-state index contributed by atoms with van der Waals surface area (Å²) >= 11 is 1.25. The summed E-state index contributed by atoms with van der Waals surface area (Å²) < 4.78 is 18.2. The van der Waals surface area contributed by atoms with Crippen molar-refractivity contribution in [3.8, 4) is 11.5 Å². The van der Waals surface area contributed by atoms with Crippen LogP contribution >= 0.6 is 11.3 Å². The summed E-state index contributed by atoms with van der Waals surface area (Å²) in [5.41, 5.74) is 1.93. The Morgan fingerprint density at radius 2 is 2.03 bits per heavy atom. The number of carbonyl (C=O) groups is 1. The van der Waals surface area contributed by atoms with Gasteiger partial charge in [-0.05, 0) is 42.3 Å². The fourth-order valence-electron chi connectivity index (χ4n) is 3.75. The molecule has 8 nitrogen and oxygen atoms in total. The number of ether oxygens (including phenoxy) is 3. The monoisotopic (exact) mass is 477 g/mol. The van der Waals surface area contributed by atoms with Crippen molar-refractivity contribution in [2.24, 2.45) is 4.99 Å². The zero-order chi connectivity index (χ0) is 24.2. The number of aromatic nitrogens is 2. The molecule has 3 aromatic rings. The Labute approximate surface area is 199 Å². The highest BCUT2D eigenvalue weighted by Crippen LogP contribution is 2.36. The third-order valence-corrected chi connectivity index (χ3v) is 6.26. The van der Waals surface area contributed by atoms with Crippen LogP contribution in [0.3, 0.4) is 0 Å². The Bertz CT molecular complexity index is 1450. The van der Waals surface area contributed by atoms with Crippen molar-refractivity contribution in [2.75, 3.05) is 20.8 Å². The number of nitrogens with zero attached hydrogens (tertiary/aromatic N) is 3. The van der Waals surface area contributed by atoms with E-state index in [0.717, 1.165) is 5.56 Å². The summed E-state index contributed by atoms with van der Waals surface area (Å²) in [4.78, 5) is 35.8. The third kappa shape index (κ3) is 4.29. The lowest BCUT2D eigenvalue weighted by molar-refractivity contribution is -0.138. The average Bonchev–Trinajstić information content (AvgIpc) is 3.16. The highest BCUT2D eigenvalue weighted by atomic mass is 32.1. The lowest BCUT2D eigenvalue weighted by atomic mass is 9.95. The number of carbonyl (C=O) groups excluding carboxylic acids is 1. The molecule has 34 heavy (non-hydrogen) atoms. The van der Waals surface area contributed by atoms with Crippen LogP contribution in [-0.2, 0) is 9.53 Å². The van der Waals surface area contributed by atoms with Crippen molar-refractivity contribution >= 4 is 23.4 Å². The maximum Gasteiger partial charge on any atom is 0.338 e. The number of rotatable bonds is 7. The third-order valence-electron chi connectivity index (χ3n) is 5.28. The summed E-state index contributed by atoms with van der Waals surface area (Å²) in [6, 6.07) is 8.18. The van der Waals surface area contributed by atoms with Gasteiger partial charge in [-0.15, -0.1) is 0 Å². The van der Waals surface area contributed by atoms with E-state index in [0.29, 0.717) is 32.1 Å². The smallest absolute Gasteiger partial charge is 0.338 e. The predicted molar refractivity (Wildman–Crippen MR) is 129 cm³/mol. The number of esters is 1. The topological polar surface area (TPSA) is 92.0 Å². The normalized spacial score (nSPS) is 15.4. The molecule has 3 heterocycles. The van der Waals surface area contributed by atoms with Crippen LogP contribution in [-0.4, -0.2) is 36.3 Å². The van der Waals surface area contributed by atoms with E-state index in [1.54, 1.807) is 56.8 Å². The molecule has 0 radical (unpaired) electrons. The predicted octanol–water partition coefficient (Wildman–Crippen LogP) is 2.38. The van der Waals surface area contributed by atoms with Crippen molar-refractivity contribution in [3.05, 3.63) is 97.5 Å². The molecule has 0 amide bonds. The van der Waals surface area contributed by atoms with E-state index in [2.05, 4.69) is 16.6 Å². The number of hydrogen-bond donors (Lipinski definition) is 0. The summed E-state index contributed by atoms with van der Waals surface area (Å²) in [5.74, 6) is 0.445. The number of allylic oxidation sites excluding steroid dienone is 1. The Kier molecular flexibility index (Phi) is 6.74. The van der Waals surface area contributed by atoms with Gasteiger partial charge in [0.15, 0.2) is 16.3 Å². The van der Waals surface area contributed by atoms with Crippen LogP contribution in [0.2, 0.25) is 0 Å². The van der Waals surface area contributed by atoms with Gasteiger partial charge in [-0.1, -0.05) is 36.1 Å². The van der Waals surface area contributed by atoms with Gasteiger partial charge in [0.05, 0.1) is 36.1 Å². The molecule has 1 aliphatic rings. The first-order valence-electron chi connectivity index (χ1n) is 10.4. The van der Waals surface area contributed by atoms with Gasteiger partial charge in [-0.2, -0.15) is 0 Å². The Morgan fingerprint density at radius 3 is 2.71 bits per heavy atom. The molecule has 0 aliphatic carbocycles. The number of hydrogen-bond acceptors (Lipinski definition) is 8. The molecule has 1 aliphatic heterocycles. The van der Waals surface area contributed by atoms with Crippen LogP contribution in [0.15, 0.2) is 76.4 Å². The van der Waals surface area contributed by atoms with Gasteiger partial charge in [-0.25, -0.2) is 9.79 Å². The second-order valence-corrected chi connectivity index (χ2v) is 8.38. The van der Waals surface area contributed by atoms with E-state index < -0.39 is 12.0 Å². The van der Waals surface area contributed by atoms with E-state index in [-0.39, 0.29) is 17.7 Å². The molecule has 1 aromatic carbocycles. The zero-order valence-corrected chi connectivity index (χ0v) is 19.8. The van der Waals surface area contributed by atoms with E-state index in [1.807, 2.05) is 6.07 Å².